The van der Waals surface area contributed by atoms with E-state index in [9.17, 15) is 4.79 Å². The van der Waals surface area contributed by atoms with Gasteiger partial charge in [0.1, 0.15) is 5.60 Å². The van der Waals surface area contributed by atoms with E-state index in [4.69, 9.17) is 10.5 Å². The van der Waals surface area contributed by atoms with Gasteiger partial charge in [-0.1, -0.05) is 0 Å². The van der Waals surface area contributed by atoms with Crippen molar-refractivity contribution in [2.45, 2.75) is 64.6 Å². The van der Waals surface area contributed by atoms with Gasteiger partial charge in [0.05, 0.1) is 5.54 Å². The number of carbonyl (C=O) groups is 1. The van der Waals surface area contributed by atoms with Gasteiger partial charge in [-0.25, -0.2) is 4.79 Å². The average molecular weight is 228 g/mol. The summed E-state index contributed by atoms with van der Waals surface area (Å²) in [5.41, 5.74) is 4.95. The standard InChI is InChI=1S/C12H24N2O2/c1-11(2,3)16-10(15)14(9-6-7-9)12(4,5)8-13/h9H,6-8,13H2,1-5H3. The Bertz CT molecular complexity index is 265. The molecule has 1 rings (SSSR count). The van der Waals surface area contributed by atoms with E-state index in [1.54, 1.807) is 4.90 Å². The third-order valence-electron chi connectivity index (χ3n) is 2.65. The second-order valence-electron chi connectivity index (χ2n) is 6.10. The van der Waals surface area contributed by atoms with Crippen molar-refractivity contribution in [1.82, 2.24) is 4.90 Å². The van der Waals surface area contributed by atoms with Crippen LogP contribution >= 0.6 is 0 Å². The Morgan fingerprint density at radius 3 is 2.12 bits per heavy atom. The van der Waals surface area contributed by atoms with E-state index >= 15 is 0 Å². The van der Waals surface area contributed by atoms with E-state index in [1.807, 2.05) is 34.6 Å². The summed E-state index contributed by atoms with van der Waals surface area (Å²) in [5, 5.41) is 0. The molecule has 94 valence electrons. The van der Waals surface area contributed by atoms with Crippen LogP contribution in [0.25, 0.3) is 0 Å². The summed E-state index contributed by atoms with van der Waals surface area (Å²) in [6.45, 7) is 10.1. The fourth-order valence-electron chi connectivity index (χ4n) is 1.63. The van der Waals surface area contributed by atoms with Crippen LogP contribution in [0.3, 0.4) is 0 Å². The molecule has 0 saturated heterocycles. The van der Waals surface area contributed by atoms with Gasteiger partial charge >= 0.3 is 6.09 Å². The molecule has 0 unspecified atom stereocenters. The van der Waals surface area contributed by atoms with Gasteiger partial charge in [-0.2, -0.15) is 0 Å². The molecule has 0 heterocycles. The molecule has 0 radical (unpaired) electrons. The molecule has 1 amide bonds. The van der Waals surface area contributed by atoms with E-state index in [2.05, 4.69) is 0 Å². The molecule has 1 aliphatic rings. The molecule has 2 N–H and O–H groups in total. The summed E-state index contributed by atoms with van der Waals surface area (Å²) in [7, 11) is 0. The zero-order valence-electron chi connectivity index (χ0n) is 11.0. The molecule has 4 nitrogen and oxygen atoms in total. The van der Waals surface area contributed by atoms with E-state index in [0.717, 1.165) is 12.8 Å². The van der Waals surface area contributed by atoms with Crippen molar-refractivity contribution in [3.05, 3.63) is 0 Å². The smallest absolute Gasteiger partial charge is 0.411 e. The van der Waals surface area contributed by atoms with Crippen LogP contribution in [-0.2, 0) is 4.74 Å². The van der Waals surface area contributed by atoms with Crippen molar-refractivity contribution in [2.75, 3.05) is 6.54 Å². The number of nitrogens with zero attached hydrogens (tertiary/aromatic N) is 1. The summed E-state index contributed by atoms with van der Waals surface area (Å²) >= 11 is 0. The van der Waals surface area contributed by atoms with Crippen LogP contribution in [0.4, 0.5) is 4.79 Å². The molecule has 1 saturated carbocycles. The van der Waals surface area contributed by atoms with E-state index < -0.39 is 5.60 Å². The number of hydrogen-bond acceptors (Lipinski definition) is 3. The normalized spacial score (nSPS) is 17.1. The average Bonchev–Trinajstić information content (AvgIpc) is 2.84. The first-order chi connectivity index (χ1) is 7.17. The minimum absolute atomic E-state index is 0.245. The maximum Gasteiger partial charge on any atom is 0.411 e. The van der Waals surface area contributed by atoms with E-state index in [0.29, 0.717) is 12.6 Å². The van der Waals surface area contributed by atoms with Gasteiger partial charge < -0.3 is 10.5 Å². The Balaban J connectivity index is 2.75. The molecule has 0 bridgehead atoms. The highest BCUT2D eigenvalue weighted by molar-refractivity contribution is 5.70. The lowest BCUT2D eigenvalue weighted by molar-refractivity contribution is 0.00201. The summed E-state index contributed by atoms with van der Waals surface area (Å²) in [6, 6.07) is 0.313. The third kappa shape index (κ3) is 3.37. The van der Waals surface area contributed by atoms with Gasteiger partial charge in [0.15, 0.2) is 0 Å². The Kier molecular flexibility index (Phi) is 3.53. The summed E-state index contributed by atoms with van der Waals surface area (Å²) in [4.78, 5) is 13.9. The molecule has 0 aromatic rings. The molecule has 0 atom stereocenters. The number of carbonyl (C=O) groups excluding carboxylic acids is 1. The van der Waals surface area contributed by atoms with Crippen molar-refractivity contribution in [3.8, 4) is 0 Å². The highest BCUT2D eigenvalue weighted by Gasteiger charge is 2.42. The minimum Gasteiger partial charge on any atom is -0.444 e. The Labute approximate surface area is 98.1 Å². The van der Waals surface area contributed by atoms with E-state index in [1.165, 1.54) is 0 Å². The highest BCUT2D eigenvalue weighted by atomic mass is 16.6. The van der Waals surface area contributed by atoms with Gasteiger partial charge in [0, 0.05) is 12.6 Å². The van der Waals surface area contributed by atoms with Crippen molar-refractivity contribution in [2.24, 2.45) is 5.73 Å². The van der Waals surface area contributed by atoms with Crippen molar-refractivity contribution >= 4 is 6.09 Å². The molecular formula is C12H24N2O2. The summed E-state index contributed by atoms with van der Waals surface area (Å²) in [6.07, 6.45) is 1.87. The largest absolute Gasteiger partial charge is 0.444 e. The van der Waals surface area contributed by atoms with Crippen LogP contribution in [0.2, 0.25) is 0 Å². The monoisotopic (exact) mass is 228 g/mol. The summed E-state index contributed by atoms with van der Waals surface area (Å²) < 4.78 is 5.42. The molecule has 16 heavy (non-hydrogen) atoms. The molecule has 1 aliphatic carbocycles. The number of amides is 1. The fraction of sp³-hybridized carbons (Fsp3) is 0.917. The van der Waals surface area contributed by atoms with Gasteiger partial charge in [-0.15, -0.1) is 0 Å². The lowest BCUT2D eigenvalue weighted by Crippen LogP contribution is -2.54. The summed E-state index contributed by atoms with van der Waals surface area (Å²) in [5.74, 6) is 0. The SMILES string of the molecule is CC(C)(C)OC(=O)N(C1CC1)C(C)(C)CN. The zero-order valence-corrected chi connectivity index (χ0v) is 11.0. The lowest BCUT2D eigenvalue weighted by Gasteiger charge is -2.38. The second kappa shape index (κ2) is 4.24. The first-order valence-electron chi connectivity index (χ1n) is 5.90. The maximum atomic E-state index is 12.1. The number of nitrogens with two attached hydrogens (primary N) is 1. The van der Waals surface area contributed by atoms with Crippen LogP contribution in [0.15, 0.2) is 0 Å². The molecule has 4 heteroatoms. The zero-order chi connectivity index (χ0) is 12.6. The number of hydrogen-bond donors (Lipinski definition) is 1. The Hall–Kier alpha value is -0.770. The Morgan fingerprint density at radius 1 is 1.31 bits per heavy atom. The van der Waals surface area contributed by atoms with E-state index in [-0.39, 0.29) is 11.6 Å². The topological polar surface area (TPSA) is 55.6 Å². The first kappa shape index (κ1) is 13.3. The predicted molar refractivity (Wildman–Crippen MR) is 64.2 cm³/mol. The van der Waals surface area contributed by atoms with Gasteiger partial charge in [0.25, 0.3) is 0 Å². The minimum atomic E-state index is -0.450. The maximum absolute atomic E-state index is 12.1. The molecular weight excluding hydrogens is 204 g/mol. The molecule has 1 fully saturated rings. The molecule has 0 aromatic heterocycles. The van der Waals surface area contributed by atoms with Crippen molar-refractivity contribution in [3.63, 3.8) is 0 Å². The van der Waals surface area contributed by atoms with Crippen LogP contribution in [0.5, 0.6) is 0 Å². The van der Waals surface area contributed by atoms with Gasteiger partial charge in [-0.3, -0.25) is 4.90 Å². The van der Waals surface area contributed by atoms with Crippen LogP contribution in [0.1, 0.15) is 47.5 Å². The van der Waals surface area contributed by atoms with Crippen molar-refractivity contribution < 1.29 is 9.53 Å². The lowest BCUT2D eigenvalue weighted by atomic mass is 10.0. The quantitative estimate of drug-likeness (QED) is 0.805. The molecule has 0 aliphatic heterocycles. The second-order valence-corrected chi connectivity index (χ2v) is 6.10. The van der Waals surface area contributed by atoms with Crippen molar-refractivity contribution in [1.29, 1.82) is 0 Å². The highest BCUT2D eigenvalue weighted by Crippen LogP contribution is 2.33. The van der Waals surface area contributed by atoms with Gasteiger partial charge in [0.2, 0.25) is 0 Å². The predicted octanol–water partition coefficient (Wildman–Crippen LogP) is 2.12. The van der Waals surface area contributed by atoms with Crippen LogP contribution in [0, 0.1) is 0 Å². The fourth-order valence-corrected chi connectivity index (χ4v) is 1.63. The number of ether oxygens (including phenoxy) is 1. The molecule has 0 spiro atoms. The molecule has 0 aromatic carbocycles. The Morgan fingerprint density at radius 2 is 1.81 bits per heavy atom. The van der Waals surface area contributed by atoms with Crippen LogP contribution < -0.4 is 5.73 Å². The van der Waals surface area contributed by atoms with Crippen LogP contribution in [-0.4, -0.2) is 34.7 Å². The first-order valence-corrected chi connectivity index (χ1v) is 5.90. The third-order valence-corrected chi connectivity index (χ3v) is 2.65. The van der Waals surface area contributed by atoms with Gasteiger partial charge in [-0.05, 0) is 47.5 Å². The number of rotatable bonds is 3.